The standard InChI is InChI=1S/C15H18O2/c1-10(11-6-7-11)15(16)13-8-9-17-14-5-3-2-4-12(13)14/h2-5,10-11,13H,6-9H2,1H3. The van der Waals surface area contributed by atoms with Gasteiger partial charge in [0.15, 0.2) is 0 Å². The van der Waals surface area contributed by atoms with Gasteiger partial charge in [-0.1, -0.05) is 25.1 Å². The predicted molar refractivity (Wildman–Crippen MR) is 66.2 cm³/mol. The number of hydrogen-bond donors (Lipinski definition) is 0. The number of rotatable bonds is 3. The Morgan fingerprint density at radius 1 is 1.29 bits per heavy atom. The average Bonchev–Trinajstić information content (AvgIpc) is 3.20. The molecule has 0 bridgehead atoms. The minimum absolute atomic E-state index is 0.0653. The Bertz CT molecular complexity index is 434. The van der Waals surface area contributed by atoms with Crippen molar-refractivity contribution < 1.29 is 9.53 Å². The van der Waals surface area contributed by atoms with Gasteiger partial charge in [-0.3, -0.25) is 4.79 Å². The second-order valence-electron chi connectivity index (χ2n) is 5.26. The highest BCUT2D eigenvalue weighted by Crippen LogP contribution is 2.42. The van der Waals surface area contributed by atoms with Crippen molar-refractivity contribution in [2.24, 2.45) is 11.8 Å². The predicted octanol–water partition coefficient (Wildman–Crippen LogP) is 3.17. The van der Waals surface area contributed by atoms with E-state index in [2.05, 4.69) is 6.92 Å². The smallest absolute Gasteiger partial charge is 0.143 e. The van der Waals surface area contributed by atoms with Gasteiger partial charge in [0, 0.05) is 17.4 Å². The summed E-state index contributed by atoms with van der Waals surface area (Å²) in [6.07, 6.45) is 3.31. The van der Waals surface area contributed by atoms with Crippen molar-refractivity contribution >= 4 is 5.78 Å². The molecule has 2 atom stereocenters. The highest BCUT2D eigenvalue weighted by atomic mass is 16.5. The summed E-state index contributed by atoms with van der Waals surface area (Å²) in [5.41, 5.74) is 1.09. The number of ketones is 1. The van der Waals surface area contributed by atoms with Crippen molar-refractivity contribution in [1.82, 2.24) is 0 Å². The Morgan fingerprint density at radius 2 is 2.06 bits per heavy atom. The molecular weight excluding hydrogens is 212 g/mol. The maximum atomic E-state index is 12.5. The third-order valence-corrected chi connectivity index (χ3v) is 4.08. The summed E-state index contributed by atoms with van der Waals surface area (Å²) in [7, 11) is 0. The molecule has 1 heterocycles. The molecule has 17 heavy (non-hydrogen) atoms. The van der Waals surface area contributed by atoms with Gasteiger partial charge in [0.2, 0.25) is 0 Å². The van der Waals surface area contributed by atoms with Crippen LogP contribution in [0, 0.1) is 11.8 Å². The van der Waals surface area contributed by atoms with Crippen molar-refractivity contribution in [3.05, 3.63) is 29.8 Å². The van der Waals surface area contributed by atoms with Gasteiger partial charge in [-0.05, 0) is 31.2 Å². The topological polar surface area (TPSA) is 26.3 Å². The van der Waals surface area contributed by atoms with Gasteiger partial charge in [0.25, 0.3) is 0 Å². The van der Waals surface area contributed by atoms with E-state index in [9.17, 15) is 4.79 Å². The number of carbonyl (C=O) groups excluding carboxylic acids is 1. The van der Waals surface area contributed by atoms with Crippen LogP contribution in [0.4, 0.5) is 0 Å². The Hall–Kier alpha value is -1.31. The molecule has 2 unspecified atom stereocenters. The Morgan fingerprint density at radius 3 is 2.82 bits per heavy atom. The molecular formula is C15H18O2. The molecule has 2 aliphatic rings. The minimum Gasteiger partial charge on any atom is -0.493 e. The van der Waals surface area contributed by atoms with Crippen LogP contribution in [0.15, 0.2) is 24.3 Å². The Kier molecular flexibility index (Phi) is 2.65. The molecule has 0 spiro atoms. The molecule has 2 nitrogen and oxygen atoms in total. The van der Waals surface area contributed by atoms with Gasteiger partial charge in [-0.25, -0.2) is 0 Å². The molecule has 1 aliphatic carbocycles. The molecule has 0 saturated heterocycles. The number of ether oxygens (including phenoxy) is 1. The second kappa shape index (κ2) is 4.17. The molecule has 1 saturated carbocycles. The molecule has 3 rings (SSSR count). The van der Waals surface area contributed by atoms with Crippen LogP contribution in [0.3, 0.4) is 0 Å². The van der Waals surface area contributed by atoms with Gasteiger partial charge < -0.3 is 4.74 Å². The summed E-state index contributed by atoms with van der Waals surface area (Å²) >= 11 is 0. The van der Waals surface area contributed by atoms with Crippen LogP contribution in [0.1, 0.15) is 37.7 Å². The Labute approximate surface area is 102 Å². The molecule has 0 N–H and O–H groups in total. The zero-order valence-electron chi connectivity index (χ0n) is 10.2. The molecule has 1 aromatic carbocycles. The van der Waals surface area contributed by atoms with Crippen molar-refractivity contribution in [2.75, 3.05) is 6.61 Å². The third-order valence-electron chi connectivity index (χ3n) is 4.08. The number of benzene rings is 1. The summed E-state index contributed by atoms with van der Waals surface area (Å²) in [5.74, 6) is 2.27. The summed E-state index contributed by atoms with van der Waals surface area (Å²) in [6, 6.07) is 7.97. The highest BCUT2D eigenvalue weighted by molar-refractivity contribution is 5.89. The van der Waals surface area contributed by atoms with Crippen molar-refractivity contribution in [3.8, 4) is 5.75 Å². The zero-order chi connectivity index (χ0) is 11.8. The van der Waals surface area contributed by atoms with E-state index in [1.54, 1.807) is 0 Å². The molecule has 1 fully saturated rings. The number of fused-ring (bicyclic) bond motifs is 1. The first-order chi connectivity index (χ1) is 8.27. The van der Waals surface area contributed by atoms with Gasteiger partial charge in [0.1, 0.15) is 11.5 Å². The second-order valence-corrected chi connectivity index (χ2v) is 5.26. The molecule has 1 aromatic rings. The van der Waals surface area contributed by atoms with Crippen LogP contribution >= 0.6 is 0 Å². The van der Waals surface area contributed by atoms with E-state index in [0.717, 1.165) is 17.7 Å². The molecule has 0 amide bonds. The zero-order valence-corrected chi connectivity index (χ0v) is 10.2. The lowest BCUT2D eigenvalue weighted by atomic mass is 9.82. The van der Waals surface area contributed by atoms with E-state index < -0.39 is 0 Å². The fourth-order valence-corrected chi connectivity index (χ4v) is 2.78. The van der Waals surface area contributed by atoms with Crippen molar-refractivity contribution in [3.63, 3.8) is 0 Å². The average molecular weight is 230 g/mol. The van der Waals surface area contributed by atoms with Crippen LogP contribution in [0.5, 0.6) is 5.75 Å². The van der Waals surface area contributed by atoms with Crippen LogP contribution < -0.4 is 4.74 Å². The normalized spacial score (nSPS) is 24.6. The molecule has 1 aliphatic heterocycles. The van der Waals surface area contributed by atoms with Crippen LogP contribution in [-0.4, -0.2) is 12.4 Å². The summed E-state index contributed by atoms with van der Waals surface area (Å²) in [6.45, 7) is 2.77. The van der Waals surface area contributed by atoms with Gasteiger partial charge in [0.05, 0.1) is 6.61 Å². The number of Topliss-reactive ketones (excluding diaryl/α,β-unsaturated/α-hetero) is 1. The number of para-hydroxylation sites is 1. The van der Waals surface area contributed by atoms with E-state index in [-0.39, 0.29) is 11.8 Å². The first kappa shape index (κ1) is 10.8. The number of hydrogen-bond acceptors (Lipinski definition) is 2. The Balaban J connectivity index is 1.86. The fraction of sp³-hybridized carbons (Fsp3) is 0.533. The summed E-state index contributed by atoms with van der Waals surface area (Å²) < 4.78 is 5.61. The van der Waals surface area contributed by atoms with Crippen molar-refractivity contribution in [1.29, 1.82) is 0 Å². The fourth-order valence-electron chi connectivity index (χ4n) is 2.78. The van der Waals surface area contributed by atoms with Gasteiger partial charge in [-0.15, -0.1) is 0 Å². The maximum absolute atomic E-state index is 12.5. The molecule has 90 valence electrons. The quantitative estimate of drug-likeness (QED) is 0.797. The monoisotopic (exact) mass is 230 g/mol. The first-order valence-corrected chi connectivity index (χ1v) is 6.53. The lowest BCUT2D eigenvalue weighted by Gasteiger charge is -2.26. The van der Waals surface area contributed by atoms with E-state index >= 15 is 0 Å². The van der Waals surface area contributed by atoms with Crippen LogP contribution in [-0.2, 0) is 4.79 Å². The van der Waals surface area contributed by atoms with Gasteiger partial charge in [-0.2, -0.15) is 0 Å². The summed E-state index contributed by atoms with van der Waals surface area (Å²) in [4.78, 5) is 12.5. The molecule has 0 aromatic heterocycles. The molecule has 2 heteroatoms. The lowest BCUT2D eigenvalue weighted by molar-refractivity contribution is -0.125. The maximum Gasteiger partial charge on any atom is 0.143 e. The van der Waals surface area contributed by atoms with E-state index in [0.29, 0.717) is 18.3 Å². The van der Waals surface area contributed by atoms with Crippen molar-refractivity contribution in [2.45, 2.75) is 32.1 Å². The summed E-state index contributed by atoms with van der Waals surface area (Å²) in [5, 5.41) is 0. The van der Waals surface area contributed by atoms with Crippen LogP contribution in [0.2, 0.25) is 0 Å². The third kappa shape index (κ3) is 1.97. The van der Waals surface area contributed by atoms with E-state index in [4.69, 9.17) is 4.74 Å². The largest absolute Gasteiger partial charge is 0.493 e. The SMILES string of the molecule is CC(C(=O)C1CCOc2ccccc21)C1CC1. The molecule has 0 radical (unpaired) electrons. The van der Waals surface area contributed by atoms with E-state index in [1.807, 2.05) is 24.3 Å². The number of carbonyl (C=O) groups is 1. The minimum atomic E-state index is 0.0653. The van der Waals surface area contributed by atoms with Crippen LogP contribution in [0.25, 0.3) is 0 Å². The lowest BCUT2D eigenvalue weighted by Crippen LogP contribution is -2.26. The highest BCUT2D eigenvalue weighted by Gasteiger charge is 2.37. The van der Waals surface area contributed by atoms with Gasteiger partial charge >= 0.3 is 0 Å². The van der Waals surface area contributed by atoms with E-state index in [1.165, 1.54) is 12.8 Å². The first-order valence-electron chi connectivity index (χ1n) is 6.53.